The largest absolute Gasteiger partial charge is 0.386 e. The normalized spacial score (nSPS) is 11.8. The number of ketones is 1. The molecule has 0 unspecified atom stereocenters. The Bertz CT molecular complexity index is 484. The average Bonchev–Trinajstić information content (AvgIpc) is 2.26. The highest BCUT2D eigenvalue weighted by atomic mass is 16.1. The molecule has 0 saturated carbocycles. The topological polar surface area (TPSA) is 62.0 Å². The van der Waals surface area contributed by atoms with Gasteiger partial charge in [-0.2, -0.15) is 0 Å². The van der Waals surface area contributed by atoms with Crippen LogP contribution in [0.25, 0.3) is 5.70 Å². The second-order valence-electron chi connectivity index (χ2n) is 3.15. The molecule has 16 heavy (non-hydrogen) atoms. The van der Waals surface area contributed by atoms with E-state index in [1.807, 2.05) is 0 Å². The molecule has 0 atom stereocenters. The summed E-state index contributed by atoms with van der Waals surface area (Å²) in [5, 5.41) is 2.87. The van der Waals surface area contributed by atoms with Crippen LogP contribution in [0.2, 0.25) is 0 Å². The second kappa shape index (κ2) is 5.70. The van der Waals surface area contributed by atoms with Crippen LogP contribution in [-0.4, -0.2) is 17.8 Å². The first-order chi connectivity index (χ1) is 7.67. The number of aromatic amines is 1. The Kier molecular flexibility index (Phi) is 4.27. The Morgan fingerprint density at radius 2 is 2.25 bits per heavy atom. The van der Waals surface area contributed by atoms with Crippen molar-refractivity contribution in [3.05, 3.63) is 52.5 Å². The van der Waals surface area contributed by atoms with Gasteiger partial charge >= 0.3 is 0 Å². The van der Waals surface area contributed by atoms with Gasteiger partial charge in [0.2, 0.25) is 0 Å². The molecule has 0 amide bonds. The van der Waals surface area contributed by atoms with Crippen molar-refractivity contribution in [2.45, 2.75) is 6.92 Å². The molecular weight excluding hydrogens is 204 g/mol. The van der Waals surface area contributed by atoms with Crippen LogP contribution < -0.4 is 10.7 Å². The van der Waals surface area contributed by atoms with Crippen molar-refractivity contribution in [3.8, 4) is 0 Å². The number of pyridine rings is 1. The number of carbonyl (C=O) groups is 1. The lowest BCUT2D eigenvalue weighted by molar-refractivity contribution is -0.110. The molecule has 1 heterocycles. The molecule has 2 N–H and O–H groups in total. The van der Waals surface area contributed by atoms with Gasteiger partial charge in [-0.15, -0.1) is 0 Å². The fourth-order valence-corrected chi connectivity index (χ4v) is 1.24. The van der Waals surface area contributed by atoms with Crippen LogP contribution in [0.3, 0.4) is 0 Å². The first-order valence-electron chi connectivity index (χ1n) is 4.92. The summed E-state index contributed by atoms with van der Waals surface area (Å²) in [4.78, 5) is 25.4. The van der Waals surface area contributed by atoms with Crippen LogP contribution in [0.4, 0.5) is 0 Å². The fourth-order valence-electron chi connectivity index (χ4n) is 1.24. The number of nitrogens with one attached hydrogen (secondary N) is 2. The smallest absolute Gasteiger partial charge is 0.182 e. The zero-order valence-corrected chi connectivity index (χ0v) is 9.28. The summed E-state index contributed by atoms with van der Waals surface area (Å²) in [7, 11) is 1.69. The zero-order chi connectivity index (χ0) is 12.0. The Morgan fingerprint density at radius 1 is 1.50 bits per heavy atom. The van der Waals surface area contributed by atoms with Crippen molar-refractivity contribution in [1.29, 1.82) is 0 Å². The van der Waals surface area contributed by atoms with Crippen molar-refractivity contribution in [3.63, 3.8) is 0 Å². The van der Waals surface area contributed by atoms with Gasteiger partial charge in [0, 0.05) is 31.5 Å². The lowest BCUT2D eigenvalue weighted by atomic mass is 10.2. The molecule has 1 rings (SSSR count). The van der Waals surface area contributed by atoms with Crippen molar-refractivity contribution < 1.29 is 4.79 Å². The molecule has 0 aromatic carbocycles. The molecule has 1 aromatic heterocycles. The van der Waals surface area contributed by atoms with Crippen LogP contribution in [0.1, 0.15) is 12.6 Å². The number of hydrogen-bond acceptors (Lipinski definition) is 3. The number of H-pyrrole nitrogens is 1. The van der Waals surface area contributed by atoms with Gasteiger partial charge in [0.25, 0.3) is 0 Å². The molecule has 0 fully saturated rings. The van der Waals surface area contributed by atoms with Crippen LogP contribution in [0.15, 0.2) is 41.4 Å². The van der Waals surface area contributed by atoms with E-state index in [1.165, 1.54) is 24.3 Å². The Balaban J connectivity index is 3.07. The Morgan fingerprint density at radius 3 is 2.81 bits per heavy atom. The molecule has 4 nitrogen and oxygen atoms in total. The van der Waals surface area contributed by atoms with Crippen molar-refractivity contribution in [1.82, 2.24) is 10.3 Å². The third-order valence-corrected chi connectivity index (χ3v) is 1.95. The van der Waals surface area contributed by atoms with E-state index in [4.69, 9.17) is 0 Å². The summed E-state index contributed by atoms with van der Waals surface area (Å²) in [5.74, 6) is -0.128. The molecule has 0 aliphatic rings. The maximum absolute atomic E-state index is 11.4. The lowest BCUT2D eigenvalue weighted by Crippen LogP contribution is -2.11. The van der Waals surface area contributed by atoms with Gasteiger partial charge in [0.05, 0.1) is 11.4 Å². The highest BCUT2D eigenvalue weighted by Gasteiger charge is 2.01. The van der Waals surface area contributed by atoms with Crippen molar-refractivity contribution >= 4 is 11.5 Å². The van der Waals surface area contributed by atoms with Crippen molar-refractivity contribution in [2.75, 3.05) is 7.05 Å². The molecule has 0 aliphatic heterocycles. The summed E-state index contributed by atoms with van der Waals surface area (Å²) in [6.07, 6.45) is 6.10. The molecule has 0 saturated heterocycles. The summed E-state index contributed by atoms with van der Waals surface area (Å²) < 4.78 is 0. The first-order valence-corrected chi connectivity index (χ1v) is 4.92. The minimum atomic E-state index is -0.128. The van der Waals surface area contributed by atoms with Gasteiger partial charge in [0.15, 0.2) is 11.2 Å². The van der Waals surface area contributed by atoms with Gasteiger partial charge < -0.3 is 10.3 Å². The number of aromatic nitrogens is 1. The number of carbonyl (C=O) groups excluding carboxylic acids is 1. The fraction of sp³-hybridized carbons (Fsp3) is 0.167. The quantitative estimate of drug-likeness (QED) is 0.743. The van der Waals surface area contributed by atoms with E-state index in [2.05, 4.69) is 10.3 Å². The van der Waals surface area contributed by atoms with Crippen LogP contribution in [-0.2, 0) is 4.79 Å². The van der Waals surface area contributed by atoms with E-state index in [0.717, 1.165) is 0 Å². The predicted molar refractivity (Wildman–Crippen MR) is 63.9 cm³/mol. The molecular formula is C12H14N2O2. The van der Waals surface area contributed by atoms with E-state index in [9.17, 15) is 9.59 Å². The summed E-state index contributed by atoms with van der Waals surface area (Å²) in [6.45, 7) is 1.77. The molecule has 0 aliphatic carbocycles. The van der Waals surface area contributed by atoms with E-state index in [-0.39, 0.29) is 11.2 Å². The number of hydrogen-bond donors (Lipinski definition) is 2. The highest BCUT2D eigenvalue weighted by Crippen LogP contribution is 2.04. The van der Waals surface area contributed by atoms with Crippen molar-refractivity contribution in [2.24, 2.45) is 0 Å². The van der Waals surface area contributed by atoms with Gasteiger partial charge in [-0.25, -0.2) is 0 Å². The minimum absolute atomic E-state index is 0.103. The van der Waals surface area contributed by atoms with E-state index < -0.39 is 0 Å². The highest BCUT2D eigenvalue weighted by molar-refractivity contribution is 6.03. The SMILES string of the molecule is C/C=C\C(=O)C=C(NC)c1cc(=O)cc[nH]1. The van der Waals surface area contributed by atoms with E-state index in [1.54, 1.807) is 26.2 Å². The van der Waals surface area contributed by atoms with Gasteiger partial charge in [-0.1, -0.05) is 6.08 Å². The van der Waals surface area contributed by atoms with Gasteiger partial charge in [0.1, 0.15) is 0 Å². The molecule has 1 aromatic rings. The monoisotopic (exact) mass is 218 g/mol. The predicted octanol–water partition coefficient (Wildman–Crippen LogP) is 1.08. The van der Waals surface area contributed by atoms with Gasteiger partial charge in [-0.05, 0) is 13.0 Å². The Labute approximate surface area is 93.7 Å². The molecule has 84 valence electrons. The summed E-state index contributed by atoms with van der Waals surface area (Å²) >= 11 is 0. The maximum Gasteiger partial charge on any atom is 0.182 e. The minimum Gasteiger partial charge on any atom is -0.386 e. The molecule has 4 heteroatoms. The molecule has 0 bridgehead atoms. The van der Waals surface area contributed by atoms with E-state index in [0.29, 0.717) is 11.4 Å². The second-order valence-corrected chi connectivity index (χ2v) is 3.15. The van der Waals surface area contributed by atoms with Crippen LogP contribution in [0.5, 0.6) is 0 Å². The molecule has 0 spiro atoms. The first kappa shape index (κ1) is 12.0. The third kappa shape index (κ3) is 3.24. The number of allylic oxidation sites excluding steroid dienone is 3. The van der Waals surface area contributed by atoms with Crippen LogP contribution >= 0.6 is 0 Å². The van der Waals surface area contributed by atoms with E-state index >= 15 is 0 Å². The standard InChI is InChI=1S/C12H14N2O2/c1-3-4-9(15)7-11(13-2)12-8-10(16)5-6-14-12/h3-8,13H,1-2H3,(H,14,16)/b4-3-,11-7?. The third-order valence-electron chi connectivity index (χ3n) is 1.95. The molecule has 0 radical (unpaired) electrons. The number of rotatable bonds is 4. The maximum atomic E-state index is 11.4. The average molecular weight is 218 g/mol. The summed E-state index contributed by atoms with van der Waals surface area (Å²) in [5.41, 5.74) is 1.07. The summed E-state index contributed by atoms with van der Waals surface area (Å²) in [6, 6.07) is 2.86. The zero-order valence-electron chi connectivity index (χ0n) is 9.28. The Hall–Kier alpha value is -2.10. The lowest BCUT2D eigenvalue weighted by Gasteiger charge is -2.05. The van der Waals surface area contributed by atoms with Gasteiger partial charge in [-0.3, -0.25) is 9.59 Å². The van der Waals surface area contributed by atoms with Crippen LogP contribution in [0, 0.1) is 0 Å².